The molecule has 0 aromatic heterocycles. The molecule has 1 aliphatic rings. The molecule has 1 heterocycles. The molecule has 2 heteroatoms. The van der Waals surface area contributed by atoms with Gasteiger partial charge in [-0.1, -0.05) is 20.8 Å². The summed E-state index contributed by atoms with van der Waals surface area (Å²) in [5.41, 5.74) is 0.345. The molecule has 1 aliphatic heterocycles. The lowest BCUT2D eigenvalue weighted by atomic mass is 9.87. The monoisotopic (exact) mass is 185 g/mol. The number of hydrogen-bond acceptors (Lipinski definition) is 2. The zero-order valence-electron chi connectivity index (χ0n) is 9.39. The summed E-state index contributed by atoms with van der Waals surface area (Å²) in [5, 5.41) is 3.63. The van der Waals surface area contributed by atoms with Crippen LogP contribution in [-0.4, -0.2) is 25.3 Å². The maximum absolute atomic E-state index is 5.43. The highest BCUT2D eigenvalue weighted by Gasteiger charge is 2.23. The van der Waals surface area contributed by atoms with E-state index < -0.39 is 0 Å². The van der Waals surface area contributed by atoms with Gasteiger partial charge in [-0.3, -0.25) is 0 Å². The van der Waals surface area contributed by atoms with Crippen molar-refractivity contribution in [3.8, 4) is 0 Å². The lowest BCUT2D eigenvalue weighted by Crippen LogP contribution is -2.47. The van der Waals surface area contributed by atoms with Gasteiger partial charge in [-0.05, 0) is 25.2 Å². The molecule has 0 aliphatic carbocycles. The second kappa shape index (κ2) is 4.43. The smallest absolute Gasteiger partial charge is 0.0619 e. The van der Waals surface area contributed by atoms with Gasteiger partial charge in [0, 0.05) is 18.7 Å². The molecule has 1 fully saturated rings. The van der Waals surface area contributed by atoms with Crippen molar-refractivity contribution in [3.63, 3.8) is 0 Å². The van der Waals surface area contributed by atoms with Gasteiger partial charge in [-0.2, -0.15) is 0 Å². The zero-order valence-corrected chi connectivity index (χ0v) is 9.39. The van der Waals surface area contributed by atoms with Crippen LogP contribution in [0.5, 0.6) is 0 Å². The first-order valence-corrected chi connectivity index (χ1v) is 5.34. The third kappa shape index (κ3) is 3.65. The molecule has 0 amide bonds. The molecule has 0 aromatic carbocycles. The van der Waals surface area contributed by atoms with Gasteiger partial charge in [-0.25, -0.2) is 0 Å². The van der Waals surface area contributed by atoms with Gasteiger partial charge in [0.1, 0.15) is 0 Å². The summed E-state index contributed by atoms with van der Waals surface area (Å²) in [5.74, 6) is 0. The van der Waals surface area contributed by atoms with Crippen molar-refractivity contribution in [3.05, 3.63) is 0 Å². The molecule has 2 nitrogen and oxygen atoms in total. The zero-order chi connectivity index (χ0) is 9.90. The van der Waals surface area contributed by atoms with E-state index in [-0.39, 0.29) is 0 Å². The first-order chi connectivity index (χ1) is 6.00. The normalized spacial score (nSPS) is 27.2. The Kier molecular flexibility index (Phi) is 3.74. The van der Waals surface area contributed by atoms with Crippen molar-refractivity contribution in [2.24, 2.45) is 5.41 Å². The predicted molar refractivity (Wildman–Crippen MR) is 55.9 cm³/mol. The van der Waals surface area contributed by atoms with Gasteiger partial charge < -0.3 is 10.1 Å². The fourth-order valence-corrected chi connectivity index (χ4v) is 1.48. The van der Waals surface area contributed by atoms with Crippen LogP contribution in [0.15, 0.2) is 0 Å². The van der Waals surface area contributed by atoms with E-state index in [1.165, 1.54) is 12.8 Å². The molecular weight excluding hydrogens is 162 g/mol. The largest absolute Gasteiger partial charge is 0.380 e. The van der Waals surface area contributed by atoms with Crippen LogP contribution in [0, 0.1) is 5.41 Å². The standard InChI is InChI=1S/C11H23NO/c1-9(11(2,3)4)12-10-6-5-7-13-8-10/h9-10,12H,5-8H2,1-4H3. The summed E-state index contributed by atoms with van der Waals surface area (Å²) in [4.78, 5) is 0. The molecule has 1 rings (SSSR count). The van der Waals surface area contributed by atoms with Crippen LogP contribution in [0.4, 0.5) is 0 Å². The van der Waals surface area contributed by atoms with E-state index >= 15 is 0 Å². The van der Waals surface area contributed by atoms with Crippen molar-refractivity contribution < 1.29 is 4.74 Å². The Bertz CT molecular complexity index is 145. The third-order valence-electron chi connectivity index (χ3n) is 2.95. The first-order valence-electron chi connectivity index (χ1n) is 5.34. The van der Waals surface area contributed by atoms with Gasteiger partial charge in [-0.15, -0.1) is 0 Å². The molecule has 0 bridgehead atoms. The maximum atomic E-state index is 5.43. The first kappa shape index (κ1) is 11.0. The quantitative estimate of drug-likeness (QED) is 0.712. The molecule has 2 unspecified atom stereocenters. The Morgan fingerprint density at radius 3 is 2.54 bits per heavy atom. The summed E-state index contributed by atoms with van der Waals surface area (Å²) in [6, 6.07) is 1.13. The van der Waals surface area contributed by atoms with Crippen LogP contribution in [0.2, 0.25) is 0 Å². The Morgan fingerprint density at radius 2 is 2.08 bits per heavy atom. The van der Waals surface area contributed by atoms with E-state index in [0.717, 1.165) is 13.2 Å². The number of ether oxygens (including phenoxy) is 1. The second-order valence-corrected chi connectivity index (χ2v) is 5.17. The third-order valence-corrected chi connectivity index (χ3v) is 2.95. The predicted octanol–water partition coefficient (Wildman–Crippen LogP) is 2.19. The molecule has 0 radical (unpaired) electrons. The van der Waals surface area contributed by atoms with Crippen molar-refractivity contribution >= 4 is 0 Å². The number of hydrogen-bond donors (Lipinski definition) is 1. The summed E-state index contributed by atoms with van der Waals surface area (Å²) in [7, 11) is 0. The second-order valence-electron chi connectivity index (χ2n) is 5.17. The molecule has 0 spiro atoms. The van der Waals surface area contributed by atoms with E-state index in [9.17, 15) is 0 Å². The van der Waals surface area contributed by atoms with Gasteiger partial charge >= 0.3 is 0 Å². The minimum atomic E-state index is 0.345. The van der Waals surface area contributed by atoms with Crippen molar-refractivity contribution in [2.45, 2.75) is 52.6 Å². The summed E-state index contributed by atoms with van der Waals surface area (Å²) < 4.78 is 5.43. The highest BCUT2D eigenvalue weighted by molar-refractivity contribution is 4.81. The van der Waals surface area contributed by atoms with Crippen LogP contribution in [0.3, 0.4) is 0 Å². The van der Waals surface area contributed by atoms with Gasteiger partial charge in [0.2, 0.25) is 0 Å². The van der Waals surface area contributed by atoms with Crippen LogP contribution in [-0.2, 0) is 4.74 Å². The molecule has 0 saturated carbocycles. The Labute approximate surface area is 82.0 Å². The molecule has 1 saturated heterocycles. The maximum Gasteiger partial charge on any atom is 0.0619 e. The Hall–Kier alpha value is -0.0800. The fraction of sp³-hybridized carbons (Fsp3) is 1.00. The summed E-state index contributed by atoms with van der Waals surface area (Å²) in [6.45, 7) is 10.9. The highest BCUT2D eigenvalue weighted by Crippen LogP contribution is 2.20. The van der Waals surface area contributed by atoms with Crippen LogP contribution >= 0.6 is 0 Å². The molecule has 0 aromatic rings. The topological polar surface area (TPSA) is 21.3 Å². The SMILES string of the molecule is CC(NC1CCCOC1)C(C)(C)C. The minimum Gasteiger partial charge on any atom is -0.380 e. The minimum absolute atomic E-state index is 0.345. The lowest BCUT2D eigenvalue weighted by Gasteiger charge is -2.33. The number of nitrogens with one attached hydrogen (secondary N) is 1. The Morgan fingerprint density at radius 1 is 1.38 bits per heavy atom. The van der Waals surface area contributed by atoms with Gasteiger partial charge in [0.25, 0.3) is 0 Å². The van der Waals surface area contributed by atoms with Crippen molar-refractivity contribution in [2.75, 3.05) is 13.2 Å². The van der Waals surface area contributed by atoms with E-state index in [1.54, 1.807) is 0 Å². The molecular formula is C11H23NO. The van der Waals surface area contributed by atoms with Crippen molar-refractivity contribution in [1.82, 2.24) is 5.32 Å². The summed E-state index contributed by atoms with van der Waals surface area (Å²) in [6.07, 6.45) is 2.47. The Balaban J connectivity index is 2.30. The van der Waals surface area contributed by atoms with E-state index in [0.29, 0.717) is 17.5 Å². The molecule has 1 N–H and O–H groups in total. The summed E-state index contributed by atoms with van der Waals surface area (Å²) >= 11 is 0. The van der Waals surface area contributed by atoms with Crippen molar-refractivity contribution in [1.29, 1.82) is 0 Å². The van der Waals surface area contributed by atoms with Crippen LogP contribution in [0.1, 0.15) is 40.5 Å². The van der Waals surface area contributed by atoms with E-state index in [1.807, 2.05) is 0 Å². The van der Waals surface area contributed by atoms with Gasteiger partial charge in [0.05, 0.1) is 6.61 Å². The van der Waals surface area contributed by atoms with Crippen LogP contribution < -0.4 is 5.32 Å². The van der Waals surface area contributed by atoms with Crippen LogP contribution in [0.25, 0.3) is 0 Å². The molecule has 2 atom stereocenters. The number of rotatable bonds is 2. The van der Waals surface area contributed by atoms with E-state index in [2.05, 4.69) is 33.0 Å². The average molecular weight is 185 g/mol. The molecule has 78 valence electrons. The highest BCUT2D eigenvalue weighted by atomic mass is 16.5. The van der Waals surface area contributed by atoms with E-state index in [4.69, 9.17) is 4.74 Å². The molecule has 13 heavy (non-hydrogen) atoms. The van der Waals surface area contributed by atoms with Gasteiger partial charge in [0.15, 0.2) is 0 Å². The lowest BCUT2D eigenvalue weighted by molar-refractivity contribution is 0.0607. The fourth-order valence-electron chi connectivity index (χ4n) is 1.48. The average Bonchev–Trinajstić information content (AvgIpc) is 2.04.